The highest BCUT2D eigenvalue weighted by Gasteiger charge is 2.15. The number of hydrogen-bond donors (Lipinski definition) is 1. The Balaban J connectivity index is 2.43. The first kappa shape index (κ1) is 13.1. The van der Waals surface area contributed by atoms with Gasteiger partial charge in [0.25, 0.3) is 0 Å². The second kappa shape index (κ2) is 5.53. The molecule has 0 fully saturated rings. The lowest BCUT2D eigenvalue weighted by Gasteiger charge is -2.12. The number of rotatable bonds is 5. The third-order valence-corrected chi connectivity index (χ3v) is 3.53. The fourth-order valence-electron chi connectivity index (χ4n) is 2.52. The van der Waals surface area contributed by atoms with Gasteiger partial charge in [-0.1, -0.05) is 13.0 Å². The van der Waals surface area contributed by atoms with E-state index in [1.165, 1.54) is 16.9 Å². The molecule has 1 unspecified atom stereocenters. The van der Waals surface area contributed by atoms with E-state index >= 15 is 0 Å². The van der Waals surface area contributed by atoms with E-state index < -0.39 is 0 Å². The summed E-state index contributed by atoms with van der Waals surface area (Å²) in [7, 11) is 0. The molecule has 2 aromatic rings. The normalized spacial score (nSPS) is 13.1. The predicted molar refractivity (Wildman–Crippen MR) is 76.8 cm³/mol. The Bertz CT molecular complexity index is 528. The van der Waals surface area contributed by atoms with E-state index in [-0.39, 0.29) is 0 Å². The summed E-state index contributed by atoms with van der Waals surface area (Å²) in [5.41, 5.74) is 9.23. The van der Waals surface area contributed by atoms with Gasteiger partial charge in [-0.15, -0.1) is 0 Å². The number of nitrogens with two attached hydrogens (primary N) is 1. The minimum atomic E-state index is 0.473. The first-order valence-corrected chi connectivity index (χ1v) is 6.84. The van der Waals surface area contributed by atoms with Crippen molar-refractivity contribution in [1.29, 1.82) is 0 Å². The van der Waals surface area contributed by atoms with E-state index in [0.717, 1.165) is 31.4 Å². The molecule has 0 aliphatic carbocycles. The zero-order chi connectivity index (χ0) is 13.1. The highest BCUT2D eigenvalue weighted by molar-refractivity contribution is 5.77. The molecule has 0 bridgehead atoms. The fraction of sp³-hybridized carbons (Fsp3) is 0.533. The molecule has 0 saturated carbocycles. The van der Waals surface area contributed by atoms with Gasteiger partial charge in [0.05, 0.1) is 11.0 Å². The van der Waals surface area contributed by atoms with E-state index in [4.69, 9.17) is 10.7 Å². The van der Waals surface area contributed by atoms with Crippen LogP contribution >= 0.6 is 0 Å². The zero-order valence-electron chi connectivity index (χ0n) is 11.6. The second-order valence-electron chi connectivity index (χ2n) is 5.04. The van der Waals surface area contributed by atoms with Crippen molar-refractivity contribution in [1.82, 2.24) is 9.55 Å². The van der Waals surface area contributed by atoms with Gasteiger partial charge in [-0.25, -0.2) is 4.98 Å². The molecule has 0 aliphatic rings. The molecule has 2 rings (SSSR count). The number of hydrogen-bond acceptors (Lipinski definition) is 2. The molecular formula is C15H23N3. The number of aromatic nitrogens is 2. The maximum atomic E-state index is 5.59. The van der Waals surface area contributed by atoms with E-state index in [1.54, 1.807) is 0 Å². The van der Waals surface area contributed by atoms with Crippen molar-refractivity contribution in [3.05, 3.63) is 29.6 Å². The molecule has 0 saturated heterocycles. The molecule has 1 aromatic heterocycles. The van der Waals surface area contributed by atoms with E-state index in [1.807, 2.05) is 0 Å². The Morgan fingerprint density at radius 2 is 2.17 bits per heavy atom. The van der Waals surface area contributed by atoms with E-state index in [9.17, 15) is 0 Å². The summed E-state index contributed by atoms with van der Waals surface area (Å²) in [5, 5.41) is 0. The van der Waals surface area contributed by atoms with Gasteiger partial charge in [-0.05, 0) is 50.9 Å². The minimum absolute atomic E-state index is 0.473. The van der Waals surface area contributed by atoms with Crippen LogP contribution in [0.15, 0.2) is 18.2 Å². The van der Waals surface area contributed by atoms with Crippen molar-refractivity contribution < 1.29 is 0 Å². The van der Waals surface area contributed by atoms with E-state index in [2.05, 4.69) is 43.5 Å². The highest BCUT2D eigenvalue weighted by Crippen LogP contribution is 2.25. The molecule has 1 atom stereocenters. The molecule has 1 heterocycles. The first-order chi connectivity index (χ1) is 8.67. The van der Waals surface area contributed by atoms with Gasteiger partial charge in [-0.3, -0.25) is 0 Å². The van der Waals surface area contributed by atoms with Crippen LogP contribution < -0.4 is 5.73 Å². The molecule has 1 aromatic carbocycles. The number of fused-ring (bicyclic) bond motifs is 1. The van der Waals surface area contributed by atoms with Crippen molar-refractivity contribution in [3.8, 4) is 0 Å². The minimum Gasteiger partial charge on any atom is -0.330 e. The van der Waals surface area contributed by atoms with Crippen LogP contribution in [0.2, 0.25) is 0 Å². The average Bonchev–Trinajstić information content (AvgIpc) is 2.73. The van der Waals surface area contributed by atoms with Gasteiger partial charge in [0.15, 0.2) is 0 Å². The molecular weight excluding hydrogens is 222 g/mol. The molecule has 0 radical (unpaired) electrons. The number of aryl methyl sites for hydroxylation is 2. The lowest BCUT2D eigenvalue weighted by molar-refractivity contribution is 0.574. The summed E-state index contributed by atoms with van der Waals surface area (Å²) in [4.78, 5) is 4.82. The second-order valence-corrected chi connectivity index (χ2v) is 5.04. The Labute approximate surface area is 109 Å². The fourth-order valence-corrected chi connectivity index (χ4v) is 2.52. The molecule has 18 heavy (non-hydrogen) atoms. The van der Waals surface area contributed by atoms with Crippen LogP contribution in [-0.4, -0.2) is 16.1 Å². The van der Waals surface area contributed by atoms with Crippen LogP contribution in [0.1, 0.15) is 44.0 Å². The Morgan fingerprint density at radius 3 is 2.83 bits per heavy atom. The standard InChI is InChI=1S/C15H23N3/c1-4-18-14-8-7-11(2)10-13(14)17-15(18)12(3)6-5-9-16/h7-8,10,12H,4-6,9,16H2,1-3H3. The third kappa shape index (κ3) is 2.41. The summed E-state index contributed by atoms with van der Waals surface area (Å²) < 4.78 is 2.33. The molecule has 3 heteroatoms. The lowest BCUT2D eigenvalue weighted by atomic mass is 10.1. The largest absolute Gasteiger partial charge is 0.330 e. The lowest BCUT2D eigenvalue weighted by Crippen LogP contribution is -2.08. The molecule has 0 aliphatic heterocycles. The predicted octanol–water partition coefficient (Wildman–Crippen LogP) is 3.21. The summed E-state index contributed by atoms with van der Waals surface area (Å²) in [6.45, 7) is 8.27. The Hall–Kier alpha value is -1.35. The summed E-state index contributed by atoms with van der Waals surface area (Å²) >= 11 is 0. The summed E-state index contributed by atoms with van der Waals surface area (Å²) in [6.07, 6.45) is 2.17. The van der Waals surface area contributed by atoms with Crippen LogP contribution in [-0.2, 0) is 6.54 Å². The molecule has 2 N–H and O–H groups in total. The Morgan fingerprint density at radius 1 is 1.39 bits per heavy atom. The average molecular weight is 245 g/mol. The van der Waals surface area contributed by atoms with Gasteiger partial charge >= 0.3 is 0 Å². The SMILES string of the molecule is CCn1c(C(C)CCCN)nc2cc(C)ccc21. The quantitative estimate of drug-likeness (QED) is 0.879. The van der Waals surface area contributed by atoms with Gasteiger partial charge in [-0.2, -0.15) is 0 Å². The number of nitrogens with zero attached hydrogens (tertiary/aromatic N) is 2. The first-order valence-electron chi connectivity index (χ1n) is 6.84. The van der Waals surface area contributed by atoms with E-state index in [0.29, 0.717) is 5.92 Å². The Kier molecular flexibility index (Phi) is 4.02. The summed E-state index contributed by atoms with van der Waals surface area (Å²) in [5.74, 6) is 1.67. The van der Waals surface area contributed by atoms with Gasteiger partial charge < -0.3 is 10.3 Å². The van der Waals surface area contributed by atoms with Gasteiger partial charge in [0.2, 0.25) is 0 Å². The maximum Gasteiger partial charge on any atom is 0.112 e. The highest BCUT2D eigenvalue weighted by atomic mass is 15.1. The summed E-state index contributed by atoms with van der Waals surface area (Å²) in [6, 6.07) is 6.51. The topological polar surface area (TPSA) is 43.8 Å². The van der Waals surface area contributed by atoms with Gasteiger partial charge in [0.1, 0.15) is 5.82 Å². The van der Waals surface area contributed by atoms with Crippen molar-refractivity contribution in [2.75, 3.05) is 6.54 Å². The van der Waals surface area contributed by atoms with Crippen LogP contribution in [0.3, 0.4) is 0 Å². The van der Waals surface area contributed by atoms with Crippen molar-refractivity contribution >= 4 is 11.0 Å². The van der Waals surface area contributed by atoms with Crippen LogP contribution in [0.5, 0.6) is 0 Å². The number of benzene rings is 1. The zero-order valence-corrected chi connectivity index (χ0v) is 11.6. The van der Waals surface area contributed by atoms with Crippen LogP contribution in [0.4, 0.5) is 0 Å². The third-order valence-electron chi connectivity index (χ3n) is 3.53. The monoisotopic (exact) mass is 245 g/mol. The van der Waals surface area contributed by atoms with Crippen molar-refractivity contribution in [2.24, 2.45) is 5.73 Å². The van der Waals surface area contributed by atoms with Crippen LogP contribution in [0.25, 0.3) is 11.0 Å². The van der Waals surface area contributed by atoms with Crippen molar-refractivity contribution in [2.45, 2.75) is 46.1 Å². The van der Waals surface area contributed by atoms with Crippen LogP contribution in [0, 0.1) is 6.92 Å². The molecule has 3 nitrogen and oxygen atoms in total. The number of imidazole rings is 1. The van der Waals surface area contributed by atoms with Gasteiger partial charge in [0, 0.05) is 12.5 Å². The molecule has 98 valence electrons. The maximum absolute atomic E-state index is 5.59. The molecule has 0 amide bonds. The smallest absolute Gasteiger partial charge is 0.112 e. The molecule has 0 spiro atoms. The van der Waals surface area contributed by atoms with Crippen molar-refractivity contribution in [3.63, 3.8) is 0 Å².